The molecule has 0 saturated carbocycles. The van der Waals surface area contributed by atoms with Gasteiger partial charge in [0.1, 0.15) is 17.0 Å². The molecule has 6 rings (SSSR count). The second kappa shape index (κ2) is 8.38. The van der Waals surface area contributed by atoms with Gasteiger partial charge < -0.3 is 4.42 Å². The fourth-order valence-electron chi connectivity index (χ4n) is 4.63. The van der Waals surface area contributed by atoms with Gasteiger partial charge in [-0.25, -0.2) is 15.0 Å². The third-order valence-electron chi connectivity index (χ3n) is 6.46. The molecule has 0 bridgehead atoms. The molecular weight excluding hydrogens is 418 g/mol. The lowest BCUT2D eigenvalue weighted by molar-refractivity contribution is 0.624. The molecule has 0 aliphatic heterocycles. The van der Waals surface area contributed by atoms with E-state index in [-0.39, 0.29) is 5.92 Å². The largest absolute Gasteiger partial charge is 0.456 e. The molecular formula is C30H25N3O. The molecule has 2 aromatic heterocycles. The predicted molar refractivity (Wildman–Crippen MR) is 139 cm³/mol. The van der Waals surface area contributed by atoms with E-state index in [0.717, 1.165) is 51.7 Å². The van der Waals surface area contributed by atoms with E-state index >= 15 is 0 Å². The van der Waals surface area contributed by atoms with Gasteiger partial charge in [-0.2, -0.15) is 0 Å². The highest BCUT2D eigenvalue weighted by molar-refractivity contribution is 6.05. The quantitative estimate of drug-likeness (QED) is 0.270. The van der Waals surface area contributed by atoms with Crippen LogP contribution in [-0.4, -0.2) is 15.0 Å². The van der Waals surface area contributed by atoms with E-state index in [1.54, 1.807) is 0 Å². The number of rotatable bonds is 5. The van der Waals surface area contributed by atoms with Gasteiger partial charge in [0.15, 0.2) is 11.6 Å². The second-order valence-corrected chi connectivity index (χ2v) is 8.90. The molecule has 1 unspecified atom stereocenters. The van der Waals surface area contributed by atoms with Crippen LogP contribution >= 0.6 is 0 Å². The molecule has 4 nitrogen and oxygen atoms in total. The van der Waals surface area contributed by atoms with Crippen molar-refractivity contribution in [3.8, 4) is 22.8 Å². The van der Waals surface area contributed by atoms with E-state index in [1.165, 1.54) is 10.8 Å². The fourth-order valence-corrected chi connectivity index (χ4v) is 4.63. The Morgan fingerprint density at radius 1 is 0.676 bits per heavy atom. The van der Waals surface area contributed by atoms with Crippen LogP contribution < -0.4 is 0 Å². The van der Waals surface area contributed by atoms with Crippen molar-refractivity contribution in [2.75, 3.05) is 0 Å². The maximum atomic E-state index is 6.12. The van der Waals surface area contributed by atoms with Gasteiger partial charge in [0.25, 0.3) is 0 Å². The first kappa shape index (κ1) is 20.5. The monoisotopic (exact) mass is 443 g/mol. The van der Waals surface area contributed by atoms with Crippen molar-refractivity contribution in [3.63, 3.8) is 0 Å². The van der Waals surface area contributed by atoms with Crippen molar-refractivity contribution < 1.29 is 4.42 Å². The molecule has 1 atom stereocenters. The van der Waals surface area contributed by atoms with Gasteiger partial charge >= 0.3 is 0 Å². The Morgan fingerprint density at radius 3 is 2.18 bits per heavy atom. The van der Waals surface area contributed by atoms with Crippen LogP contribution in [0.3, 0.4) is 0 Å². The Bertz CT molecular complexity index is 1650. The van der Waals surface area contributed by atoms with Gasteiger partial charge in [-0.1, -0.05) is 80.9 Å². The van der Waals surface area contributed by atoms with Crippen LogP contribution in [0.25, 0.3) is 55.5 Å². The Balaban J connectivity index is 1.51. The highest BCUT2D eigenvalue weighted by Gasteiger charge is 2.16. The smallest absolute Gasteiger partial charge is 0.163 e. The molecule has 0 saturated heterocycles. The minimum Gasteiger partial charge on any atom is -0.456 e. The first-order chi connectivity index (χ1) is 16.7. The van der Waals surface area contributed by atoms with Crippen LogP contribution in [0.5, 0.6) is 0 Å². The van der Waals surface area contributed by atoms with Crippen LogP contribution in [-0.2, 0) is 0 Å². The maximum Gasteiger partial charge on any atom is 0.163 e. The molecule has 4 heteroatoms. The molecule has 0 N–H and O–H groups in total. The van der Waals surface area contributed by atoms with Crippen molar-refractivity contribution in [1.82, 2.24) is 15.0 Å². The molecule has 166 valence electrons. The Hall–Kier alpha value is -4.05. The standard InChI is InChI=1S/C30H25N3O/c1-3-8-19(2)28-31-29(22-14-13-20-9-4-5-10-21(20)17-22)33-30(32-28)23-15-16-25-24-11-6-7-12-26(24)34-27(25)18-23/h4-7,9-19H,3,8H2,1-2H3. The van der Waals surface area contributed by atoms with Crippen LogP contribution in [0.4, 0.5) is 0 Å². The molecule has 34 heavy (non-hydrogen) atoms. The summed E-state index contributed by atoms with van der Waals surface area (Å²) >= 11 is 0. The molecule has 2 heterocycles. The van der Waals surface area contributed by atoms with Crippen molar-refractivity contribution in [2.24, 2.45) is 0 Å². The van der Waals surface area contributed by atoms with E-state index in [9.17, 15) is 0 Å². The highest BCUT2D eigenvalue weighted by Crippen LogP contribution is 2.32. The molecule has 0 amide bonds. The lowest BCUT2D eigenvalue weighted by Crippen LogP contribution is -2.06. The number of hydrogen-bond acceptors (Lipinski definition) is 4. The van der Waals surface area contributed by atoms with Crippen molar-refractivity contribution in [3.05, 3.63) is 90.8 Å². The zero-order chi connectivity index (χ0) is 23.1. The minimum atomic E-state index is 0.251. The van der Waals surface area contributed by atoms with Gasteiger partial charge in [0.05, 0.1) is 0 Å². The number of benzene rings is 4. The molecule has 6 aromatic rings. The molecule has 0 spiro atoms. The van der Waals surface area contributed by atoms with E-state index in [2.05, 4.69) is 74.5 Å². The average molecular weight is 444 g/mol. The van der Waals surface area contributed by atoms with Crippen LogP contribution in [0.1, 0.15) is 38.4 Å². The van der Waals surface area contributed by atoms with Crippen molar-refractivity contribution in [2.45, 2.75) is 32.6 Å². The summed E-state index contributed by atoms with van der Waals surface area (Å²) in [6, 6.07) is 29.1. The number of nitrogens with zero attached hydrogens (tertiary/aromatic N) is 3. The van der Waals surface area contributed by atoms with Gasteiger partial charge in [-0.15, -0.1) is 0 Å². The van der Waals surface area contributed by atoms with E-state index in [4.69, 9.17) is 19.4 Å². The number of hydrogen-bond donors (Lipinski definition) is 0. The van der Waals surface area contributed by atoms with Crippen molar-refractivity contribution in [1.29, 1.82) is 0 Å². The zero-order valence-electron chi connectivity index (χ0n) is 19.3. The Morgan fingerprint density at radius 2 is 1.35 bits per heavy atom. The van der Waals surface area contributed by atoms with Crippen LogP contribution in [0, 0.1) is 0 Å². The molecule has 0 aliphatic rings. The normalized spacial score (nSPS) is 12.5. The number of furan rings is 1. The van der Waals surface area contributed by atoms with Gasteiger partial charge in [0.2, 0.25) is 0 Å². The lowest BCUT2D eigenvalue weighted by atomic mass is 10.0. The summed E-state index contributed by atoms with van der Waals surface area (Å²) < 4.78 is 6.12. The van der Waals surface area contributed by atoms with Crippen molar-refractivity contribution >= 4 is 32.7 Å². The van der Waals surface area contributed by atoms with E-state index < -0.39 is 0 Å². The van der Waals surface area contributed by atoms with Crippen LogP contribution in [0.15, 0.2) is 89.3 Å². The maximum absolute atomic E-state index is 6.12. The first-order valence-corrected chi connectivity index (χ1v) is 11.9. The summed E-state index contributed by atoms with van der Waals surface area (Å²) in [7, 11) is 0. The minimum absolute atomic E-state index is 0.251. The van der Waals surface area contributed by atoms with E-state index in [1.807, 2.05) is 24.3 Å². The van der Waals surface area contributed by atoms with Crippen LogP contribution in [0.2, 0.25) is 0 Å². The van der Waals surface area contributed by atoms with E-state index in [0.29, 0.717) is 11.6 Å². The third-order valence-corrected chi connectivity index (χ3v) is 6.46. The Kier molecular flexibility index (Phi) is 5.06. The molecule has 0 radical (unpaired) electrons. The number of fused-ring (bicyclic) bond motifs is 4. The summed E-state index contributed by atoms with van der Waals surface area (Å²) in [6.45, 7) is 4.38. The summed E-state index contributed by atoms with van der Waals surface area (Å²) in [5, 5.41) is 4.60. The predicted octanol–water partition coefficient (Wildman–Crippen LogP) is 8.16. The lowest BCUT2D eigenvalue weighted by Gasteiger charge is -2.13. The first-order valence-electron chi connectivity index (χ1n) is 11.9. The van der Waals surface area contributed by atoms with Gasteiger partial charge in [-0.05, 0) is 41.5 Å². The summed E-state index contributed by atoms with van der Waals surface area (Å²) in [4.78, 5) is 14.7. The van der Waals surface area contributed by atoms with Gasteiger partial charge in [0, 0.05) is 27.8 Å². The molecule has 4 aromatic carbocycles. The average Bonchev–Trinajstić information content (AvgIpc) is 3.26. The Labute approximate surface area is 198 Å². The third kappa shape index (κ3) is 3.61. The second-order valence-electron chi connectivity index (χ2n) is 8.90. The number of para-hydroxylation sites is 1. The fraction of sp³-hybridized carbons (Fsp3) is 0.167. The summed E-state index contributed by atoms with van der Waals surface area (Å²) in [6.07, 6.45) is 2.11. The summed E-state index contributed by atoms with van der Waals surface area (Å²) in [5.74, 6) is 2.47. The summed E-state index contributed by atoms with van der Waals surface area (Å²) in [5.41, 5.74) is 3.66. The zero-order valence-corrected chi connectivity index (χ0v) is 19.3. The topological polar surface area (TPSA) is 51.8 Å². The molecule has 0 fully saturated rings. The van der Waals surface area contributed by atoms with Gasteiger partial charge in [-0.3, -0.25) is 0 Å². The highest BCUT2D eigenvalue weighted by atomic mass is 16.3. The molecule has 0 aliphatic carbocycles. The SMILES string of the molecule is CCCC(C)c1nc(-c2ccc3ccccc3c2)nc(-c2ccc3c(c2)oc2ccccc23)n1. The number of aromatic nitrogens is 3.